The van der Waals surface area contributed by atoms with E-state index in [9.17, 15) is 4.79 Å². The molecule has 0 saturated heterocycles. The Balaban J connectivity index is 2.13. The van der Waals surface area contributed by atoms with E-state index in [-0.39, 0.29) is 11.8 Å². The average Bonchev–Trinajstić information content (AvgIpc) is 2.75. The number of carbonyl (C=O) groups is 1. The van der Waals surface area contributed by atoms with Gasteiger partial charge in [-0.3, -0.25) is 9.89 Å². The van der Waals surface area contributed by atoms with E-state index in [1.54, 1.807) is 0 Å². The van der Waals surface area contributed by atoms with Gasteiger partial charge in [-0.25, -0.2) is 4.98 Å². The second-order valence-corrected chi connectivity index (χ2v) is 4.36. The molecule has 0 saturated carbocycles. The van der Waals surface area contributed by atoms with Gasteiger partial charge in [-0.05, 0) is 12.3 Å². The third-order valence-corrected chi connectivity index (χ3v) is 2.77. The van der Waals surface area contributed by atoms with Crippen molar-refractivity contribution in [2.24, 2.45) is 11.8 Å². The second-order valence-electron chi connectivity index (χ2n) is 4.36. The van der Waals surface area contributed by atoms with Crippen LogP contribution in [-0.2, 0) is 11.2 Å². The summed E-state index contributed by atoms with van der Waals surface area (Å²) in [6.45, 7) is 6.75. The molecule has 1 aromatic rings. The molecule has 2 N–H and O–H groups in total. The lowest BCUT2D eigenvalue weighted by Crippen LogP contribution is -2.32. The molecule has 0 fully saturated rings. The van der Waals surface area contributed by atoms with Crippen molar-refractivity contribution in [3.05, 3.63) is 12.2 Å². The van der Waals surface area contributed by atoms with Crippen LogP contribution in [0.2, 0.25) is 0 Å². The van der Waals surface area contributed by atoms with E-state index in [1.807, 2.05) is 6.92 Å². The number of hydrogen-bond donors (Lipinski definition) is 2. The van der Waals surface area contributed by atoms with Crippen LogP contribution in [0, 0.1) is 11.8 Å². The fourth-order valence-corrected chi connectivity index (χ4v) is 1.28. The zero-order valence-electron chi connectivity index (χ0n) is 10.2. The van der Waals surface area contributed by atoms with E-state index in [1.165, 1.54) is 6.33 Å². The quantitative estimate of drug-likeness (QED) is 0.712. The van der Waals surface area contributed by atoms with Gasteiger partial charge in [0.25, 0.3) is 0 Å². The summed E-state index contributed by atoms with van der Waals surface area (Å²) >= 11 is 0. The van der Waals surface area contributed by atoms with Crippen molar-refractivity contribution in [1.82, 2.24) is 20.5 Å². The third-order valence-electron chi connectivity index (χ3n) is 2.77. The van der Waals surface area contributed by atoms with Crippen LogP contribution in [0.5, 0.6) is 0 Å². The zero-order chi connectivity index (χ0) is 12.0. The molecular weight excluding hydrogens is 204 g/mol. The molecule has 0 aromatic carbocycles. The van der Waals surface area contributed by atoms with Crippen LogP contribution in [0.4, 0.5) is 0 Å². The van der Waals surface area contributed by atoms with Gasteiger partial charge < -0.3 is 5.32 Å². The van der Waals surface area contributed by atoms with E-state index in [4.69, 9.17) is 0 Å². The Hall–Kier alpha value is -1.39. The number of nitrogens with zero attached hydrogens (tertiary/aromatic N) is 2. The van der Waals surface area contributed by atoms with E-state index in [0.29, 0.717) is 12.5 Å². The van der Waals surface area contributed by atoms with Crippen molar-refractivity contribution in [2.75, 3.05) is 6.54 Å². The molecule has 1 atom stereocenters. The van der Waals surface area contributed by atoms with Crippen LogP contribution in [0.15, 0.2) is 6.33 Å². The van der Waals surface area contributed by atoms with Gasteiger partial charge in [0, 0.05) is 18.9 Å². The number of hydrogen-bond acceptors (Lipinski definition) is 3. The summed E-state index contributed by atoms with van der Waals surface area (Å²) in [6.07, 6.45) is 3.19. The SMILES string of the molecule is CC(C)C(C)C(=O)NCCCc1ncn[nH]1. The van der Waals surface area contributed by atoms with Gasteiger partial charge in [0.2, 0.25) is 5.91 Å². The van der Waals surface area contributed by atoms with Crippen molar-refractivity contribution in [3.63, 3.8) is 0 Å². The third kappa shape index (κ3) is 4.00. The summed E-state index contributed by atoms with van der Waals surface area (Å²) < 4.78 is 0. The van der Waals surface area contributed by atoms with Gasteiger partial charge in [-0.2, -0.15) is 5.10 Å². The summed E-state index contributed by atoms with van der Waals surface area (Å²) in [5, 5.41) is 9.48. The zero-order valence-corrected chi connectivity index (χ0v) is 10.2. The predicted molar refractivity (Wildman–Crippen MR) is 61.7 cm³/mol. The number of aromatic nitrogens is 3. The molecule has 0 bridgehead atoms. The van der Waals surface area contributed by atoms with Crippen LogP contribution < -0.4 is 5.32 Å². The van der Waals surface area contributed by atoms with E-state index < -0.39 is 0 Å². The van der Waals surface area contributed by atoms with Crippen LogP contribution in [0.25, 0.3) is 0 Å². The molecule has 0 spiro atoms. The monoisotopic (exact) mass is 224 g/mol. The fraction of sp³-hybridized carbons (Fsp3) is 0.727. The molecule has 1 aromatic heterocycles. The number of rotatable bonds is 6. The standard InChI is InChI=1S/C11H20N4O/c1-8(2)9(3)11(16)12-6-4-5-10-13-7-14-15-10/h7-9H,4-6H2,1-3H3,(H,12,16)(H,13,14,15). The maximum Gasteiger partial charge on any atom is 0.223 e. The molecule has 0 aliphatic rings. The summed E-state index contributed by atoms with van der Waals surface area (Å²) in [4.78, 5) is 15.6. The minimum absolute atomic E-state index is 0.0743. The molecule has 0 aliphatic carbocycles. The summed E-state index contributed by atoms with van der Waals surface area (Å²) in [6, 6.07) is 0. The van der Waals surface area contributed by atoms with E-state index in [0.717, 1.165) is 18.7 Å². The highest BCUT2D eigenvalue weighted by molar-refractivity contribution is 5.78. The Morgan fingerprint density at radius 3 is 2.81 bits per heavy atom. The molecule has 1 unspecified atom stereocenters. The first-order valence-electron chi connectivity index (χ1n) is 5.73. The minimum Gasteiger partial charge on any atom is -0.356 e. The van der Waals surface area contributed by atoms with Gasteiger partial charge in [0.05, 0.1) is 0 Å². The molecule has 0 aliphatic heterocycles. The van der Waals surface area contributed by atoms with Crippen molar-refractivity contribution >= 4 is 5.91 Å². The highest BCUT2D eigenvalue weighted by Crippen LogP contribution is 2.08. The number of carbonyl (C=O) groups excluding carboxylic acids is 1. The number of nitrogens with one attached hydrogen (secondary N) is 2. The Labute approximate surface area is 96.0 Å². The normalized spacial score (nSPS) is 12.8. The maximum absolute atomic E-state index is 11.6. The minimum atomic E-state index is 0.0743. The number of amides is 1. The van der Waals surface area contributed by atoms with Crippen molar-refractivity contribution in [3.8, 4) is 0 Å². The van der Waals surface area contributed by atoms with Gasteiger partial charge in [0.15, 0.2) is 0 Å². The molecule has 1 amide bonds. The Morgan fingerprint density at radius 1 is 1.50 bits per heavy atom. The van der Waals surface area contributed by atoms with Gasteiger partial charge in [-0.1, -0.05) is 20.8 Å². The summed E-state index contributed by atoms with van der Waals surface area (Å²) in [5.41, 5.74) is 0. The van der Waals surface area contributed by atoms with Crippen molar-refractivity contribution in [1.29, 1.82) is 0 Å². The van der Waals surface area contributed by atoms with Crippen LogP contribution in [0.1, 0.15) is 33.0 Å². The van der Waals surface area contributed by atoms with E-state index >= 15 is 0 Å². The highest BCUT2D eigenvalue weighted by atomic mass is 16.1. The highest BCUT2D eigenvalue weighted by Gasteiger charge is 2.15. The topological polar surface area (TPSA) is 70.7 Å². The summed E-state index contributed by atoms with van der Waals surface area (Å²) in [7, 11) is 0. The molecular formula is C11H20N4O. The van der Waals surface area contributed by atoms with Gasteiger partial charge in [0.1, 0.15) is 12.2 Å². The maximum atomic E-state index is 11.6. The lowest BCUT2D eigenvalue weighted by atomic mass is 9.97. The molecule has 90 valence electrons. The first-order valence-corrected chi connectivity index (χ1v) is 5.73. The van der Waals surface area contributed by atoms with Crippen molar-refractivity contribution in [2.45, 2.75) is 33.6 Å². The largest absolute Gasteiger partial charge is 0.356 e. The first-order chi connectivity index (χ1) is 7.61. The van der Waals surface area contributed by atoms with E-state index in [2.05, 4.69) is 34.3 Å². The van der Waals surface area contributed by atoms with Crippen LogP contribution in [0.3, 0.4) is 0 Å². The summed E-state index contributed by atoms with van der Waals surface area (Å²) in [5.74, 6) is 1.46. The number of aromatic amines is 1. The van der Waals surface area contributed by atoms with Gasteiger partial charge >= 0.3 is 0 Å². The Morgan fingerprint density at radius 2 is 2.25 bits per heavy atom. The Bertz CT molecular complexity index is 308. The second kappa shape index (κ2) is 6.25. The van der Waals surface area contributed by atoms with Crippen molar-refractivity contribution < 1.29 is 4.79 Å². The molecule has 1 rings (SSSR count). The fourth-order valence-electron chi connectivity index (χ4n) is 1.28. The average molecular weight is 224 g/mol. The molecule has 5 heteroatoms. The van der Waals surface area contributed by atoms with Gasteiger partial charge in [-0.15, -0.1) is 0 Å². The lowest BCUT2D eigenvalue weighted by Gasteiger charge is -2.14. The molecule has 0 radical (unpaired) electrons. The smallest absolute Gasteiger partial charge is 0.223 e. The van der Waals surface area contributed by atoms with Crippen LogP contribution in [-0.4, -0.2) is 27.6 Å². The van der Waals surface area contributed by atoms with Crippen LogP contribution >= 0.6 is 0 Å². The number of H-pyrrole nitrogens is 1. The number of aryl methyl sites for hydroxylation is 1. The molecule has 5 nitrogen and oxygen atoms in total. The molecule has 16 heavy (non-hydrogen) atoms. The predicted octanol–water partition coefficient (Wildman–Crippen LogP) is 1.15. The first kappa shape index (κ1) is 12.7. The lowest BCUT2D eigenvalue weighted by molar-refractivity contribution is -0.125. The molecule has 1 heterocycles. The Kier molecular flexibility index (Phi) is 4.95.